The first-order valence-electron chi connectivity index (χ1n) is 6.78. The number of hydrogen-bond acceptors (Lipinski definition) is 4. The standard InChI is InChI=1S/C12H26N2O3S/c1-4-18(15,16)13-7-5-6-8-14-9-11(2)17-12(3)10-14/h11-13H,4-10H2,1-3H3/t11-,12-/m0/s1. The van der Waals surface area contributed by atoms with E-state index in [9.17, 15) is 8.42 Å². The van der Waals surface area contributed by atoms with Crippen LogP contribution in [0.3, 0.4) is 0 Å². The zero-order valence-electron chi connectivity index (χ0n) is 11.7. The summed E-state index contributed by atoms with van der Waals surface area (Å²) in [6, 6.07) is 0. The van der Waals surface area contributed by atoms with E-state index < -0.39 is 10.0 Å². The molecule has 1 N–H and O–H groups in total. The Labute approximate surface area is 111 Å². The van der Waals surface area contributed by atoms with Crippen LogP contribution in [0.25, 0.3) is 0 Å². The van der Waals surface area contributed by atoms with Crippen molar-refractivity contribution < 1.29 is 13.2 Å². The summed E-state index contributed by atoms with van der Waals surface area (Å²) >= 11 is 0. The van der Waals surface area contributed by atoms with Crippen molar-refractivity contribution in [1.82, 2.24) is 9.62 Å². The largest absolute Gasteiger partial charge is 0.373 e. The van der Waals surface area contributed by atoms with E-state index in [-0.39, 0.29) is 5.75 Å². The molecule has 1 aliphatic heterocycles. The lowest BCUT2D eigenvalue weighted by Gasteiger charge is -2.35. The average molecular weight is 278 g/mol. The first-order chi connectivity index (χ1) is 8.43. The predicted octanol–water partition coefficient (Wildman–Crippen LogP) is 0.815. The molecule has 0 spiro atoms. The SMILES string of the molecule is CCS(=O)(=O)NCCCCN1C[C@H](C)O[C@@H](C)C1. The van der Waals surface area contributed by atoms with E-state index in [1.54, 1.807) is 6.92 Å². The van der Waals surface area contributed by atoms with Gasteiger partial charge in [0, 0.05) is 19.6 Å². The molecular weight excluding hydrogens is 252 g/mol. The first kappa shape index (κ1) is 15.9. The zero-order valence-corrected chi connectivity index (χ0v) is 12.5. The van der Waals surface area contributed by atoms with Crippen molar-refractivity contribution in [1.29, 1.82) is 0 Å². The van der Waals surface area contributed by atoms with E-state index in [1.165, 1.54) is 0 Å². The summed E-state index contributed by atoms with van der Waals surface area (Å²) in [5.41, 5.74) is 0. The van der Waals surface area contributed by atoms with Gasteiger partial charge in [-0.05, 0) is 40.2 Å². The molecule has 2 atom stereocenters. The maximum absolute atomic E-state index is 11.2. The molecule has 108 valence electrons. The fourth-order valence-corrected chi connectivity index (χ4v) is 2.92. The molecule has 6 heteroatoms. The number of sulfonamides is 1. The molecule has 1 fully saturated rings. The van der Waals surface area contributed by atoms with Gasteiger partial charge in [0.05, 0.1) is 18.0 Å². The quantitative estimate of drug-likeness (QED) is 0.700. The number of nitrogens with zero attached hydrogens (tertiary/aromatic N) is 1. The summed E-state index contributed by atoms with van der Waals surface area (Å²) in [6.07, 6.45) is 2.50. The fourth-order valence-electron chi connectivity index (χ4n) is 2.26. The molecule has 0 amide bonds. The molecule has 0 saturated carbocycles. The third kappa shape index (κ3) is 6.13. The highest BCUT2D eigenvalue weighted by molar-refractivity contribution is 7.89. The number of hydrogen-bond donors (Lipinski definition) is 1. The van der Waals surface area contributed by atoms with Crippen molar-refractivity contribution in [3.63, 3.8) is 0 Å². The minimum atomic E-state index is -3.03. The second-order valence-corrected chi connectivity index (χ2v) is 7.12. The molecule has 0 bridgehead atoms. The monoisotopic (exact) mass is 278 g/mol. The summed E-state index contributed by atoms with van der Waals surface area (Å²) in [4.78, 5) is 2.40. The van der Waals surface area contributed by atoms with E-state index in [1.807, 2.05) is 0 Å². The van der Waals surface area contributed by atoms with Gasteiger partial charge in [-0.2, -0.15) is 0 Å². The van der Waals surface area contributed by atoms with Crippen molar-refractivity contribution in [3.05, 3.63) is 0 Å². The van der Waals surface area contributed by atoms with Crippen LogP contribution in [0.1, 0.15) is 33.6 Å². The molecule has 5 nitrogen and oxygen atoms in total. The molecule has 1 heterocycles. The second-order valence-electron chi connectivity index (χ2n) is 5.02. The zero-order chi connectivity index (χ0) is 13.6. The number of unbranched alkanes of at least 4 members (excludes halogenated alkanes) is 1. The Hall–Kier alpha value is -0.170. The Morgan fingerprint density at radius 3 is 2.39 bits per heavy atom. The van der Waals surface area contributed by atoms with Crippen molar-refractivity contribution in [2.45, 2.75) is 45.8 Å². The summed E-state index contributed by atoms with van der Waals surface area (Å²) in [5, 5.41) is 0. The second kappa shape index (κ2) is 7.43. The minimum absolute atomic E-state index is 0.158. The molecule has 0 aromatic heterocycles. The lowest BCUT2D eigenvalue weighted by atomic mass is 10.2. The van der Waals surface area contributed by atoms with Crippen LogP contribution in [0.15, 0.2) is 0 Å². The molecule has 18 heavy (non-hydrogen) atoms. The third-order valence-corrected chi connectivity index (χ3v) is 4.50. The van der Waals surface area contributed by atoms with Gasteiger partial charge in [-0.25, -0.2) is 13.1 Å². The molecule has 0 aromatic rings. The van der Waals surface area contributed by atoms with Crippen molar-refractivity contribution in [2.24, 2.45) is 0 Å². The Balaban J connectivity index is 2.11. The molecule has 1 saturated heterocycles. The smallest absolute Gasteiger partial charge is 0.211 e. The van der Waals surface area contributed by atoms with Crippen molar-refractivity contribution in [3.8, 4) is 0 Å². The highest BCUT2D eigenvalue weighted by Gasteiger charge is 2.21. The summed E-state index contributed by atoms with van der Waals surface area (Å²) in [5.74, 6) is 0.158. The third-order valence-electron chi connectivity index (χ3n) is 3.10. The number of ether oxygens (including phenoxy) is 1. The van der Waals surface area contributed by atoms with E-state index >= 15 is 0 Å². The van der Waals surface area contributed by atoms with Crippen LogP contribution in [-0.4, -0.2) is 57.5 Å². The van der Waals surface area contributed by atoms with Gasteiger partial charge >= 0.3 is 0 Å². The Bertz CT molecular complexity index is 322. The van der Waals surface area contributed by atoms with E-state index in [4.69, 9.17) is 4.74 Å². The summed E-state index contributed by atoms with van der Waals surface area (Å²) < 4.78 is 30.7. The van der Waals surface area contributed by atoms with Crippen LogP contribution in [0, 0.1) is 0 Å². The Morgan fingerprint density at radius 1 is 1.22 bits per heavy atom. The first-order valence-corrected chi connectivity index (χ1v) is 8.43. The predicted molar refractivity (Wildman–Crippen MR) is 73.1 cm³/mol. The van der Waals surface area contributed by atoms with Crippen LogP contribution in [0.4, 0.5) is 0 Å². The van der Waals surface area contributed by atoms with Gasteiger partial charge in [-0.15, -0.1) is 0 Å². The highest BCUT2D eigenvalue weighted by atomic mass is 32.2. The lowest BCUT2D eigenvalue weighted by molar-refractivity contribution is -0.0681. The van der Waals surface area contributed by atoms with Crippen LogP contribution >= 0.6 is 0 Å². The van der Waals surface area contributed by atoms with E-state index in [2.05, 4.69) is 23.5 Å². The number of morpholine rings is 1. The van der Waals surface area contributed by atoms with Gasteiger partial charge in [0.1, 0.15) is 0 Å². The van der Waals surface area contributed by atoms with Gasteiger partial charge in [0.15, 0.2) is 0 Å². The molecular formula is C12H26N2O3S. The van der Waals surface area contributed by atoms with Gasteiger partial charge in [-0.1, -0.05) is 0 Å². The Morgan fingerprint density at radius 2 is 1.83 bits per heavy atom. The van der Waals surface area contributed by atoms with E-state index in [0.717, 1.165) is 32.5 Å². The van der Waals surface area contributed by atoms with Crippen molar-refractivity contribution in [2.75, 3.05) is 31.9 Å². The van der Waals surface area contributed by atoms with Crippen LogP contribution in [-0.2, 0) is 14.8 Å². The van der Waals surface area contributed by atoms with Crippen LogP contribution in [0.5, 0.6) is 0 Å². The topological polar surface area (TPSA) is 58.6 Å². The molecule has 1 aliphatic rings. The van der Waals surface area contributed by atoms with Crippen molar-refractivity contribution >= 4 is 10.0 Å². The van der Waals surface area contributed by atoms with E-state index in [0.29, 0.717) is 18.8 Å². The fraction of sp³-hybridized carbons (Fsp3) is 1.00. The van der Waals surface area contributed by atoms with Crippen LogP contribution < -0.4 is 4.72 Å². The molecule has 0 aliphatic carbocycles. The molecule has 0 radical (unpaired) electrons. The summed E-state index contributed by atoms with van der Waals surface area (Å²) in [6.45, 7) is 9.36. The van der Waals surface area contributed by atoms with Gasteiger partial charge in [-0.3, -0.25) is 4.90 Å². The Kier molecular flexibility index (Phi) is 6.55. The average Bonchev–Trinajstić information content (AvgIpc) is 2.27. The minimum Gasteiger partial charge on any atom is -0.373 e. The molecule has 0 unspecified atom stereocenters. The maximum atomic E-state index is 11.2. The summed E-state index contributed by atoms with van der Waals surface area (Å²) in [7, 11) is -3.03. The normalized spacial score (nSPS) is 26.4. The molecule has 1 rings (SSSR count). The van der Waals surface area contributed by atoms with Crippen LogP contribution in [0.2, 0.25) is 0 Å². The highest BCUT2D eigenvalue weighted by Crippen LogP contribution is 2.11. The molecule has 0 aromatic carbocycles. The lowest BCUT2D eigenvalue weighted by Crippen LogP contribution is -2.45. The number of rotatable bonds is 7. The number of nitrogens with one attached hydrogen (secondary N) is 1. The van der Waals surface area contributed by atoms with Gasteiger partial charge in [0.2, 0.25) is 10.0 Å². The van der Waals surface area contributed by atoms with Gasteiger partial charge in [0.25, 0.3) is 0 Å². The maximum Gasteiger partial charge on any atom is 0.211 e. The van der Waals surface area contributed by atoms with Gasteiger partial charge < -0.3 is 4.74 Å².